The number of benzene rings is 1. The Morgan fingerprint density at radius 1 is 1.38 bits per heavy atom. The van der Waals surface area contributed by atoms with Crippen LogP contribution in [0.3, 0.4) is 0 Å². The molecule has 1 aliphatic carbocycles. The van der Waals surface area contributed by atoms with E-state index in [9.17, 15) is 0 Å². The summed E-state index contributed by atoms with van der Waals surface area (Å²) in [6.07, 6.45) is 2.69. The van der Waals surface area contributed by atoms with Crippen LogP contribution in [0.25, 0.3) is 0 Å². The molecule has 2 atom stereocenters. The summed E-state index contributed by atoms with van der Waals surface area (Å²) >= 11 is 6.52. The van der Waals surface area contributed by atoms with Crippen LogP contribution >= 0.6 is 11.6 Å². The molecule has 16 heavy (non-hydrogen) atoms. The molecule has 2 rings (SSSR count). The van der Waals surface area contributed by atoms with Crippen molar-refractivity contribution in [3.8, 4) is 5.75 Å². The van der Waals surface area contributed by atoms with Gasteiger partial charge in [0.2, 0.25) is 0 Å². The third kappa shape index (κ3) is 2.35. The molecule has 0 radical (unpaired) electrons. The number of hydrogen-bond donors (Lipinski definition) is 0. The van der Waals surface area contributed by atoms with Crippen LogP contribution in [0.5, 0.6) is 5.75 Å². The maximum Gasteiger partial charge on any atom is 0.121 e. The average Bonchev–Trinajstić information content (AvgIpc) is 3.11. The van der Waals surface area contributed by atoms with E-state index in [1.165, 1.54) is 18.4 Å². The lowest BCUT2D eigenvalue weighted by molar-refractivity contribution is 0.411. The van der Waals surface area contributed by atoms with Crippen LogP contribution in [0.4, 0.5) is 0 Å². The second-order valence-electron chi connectivity index (χ2n) is 4.83. The molecule has 1 fully saturated rings. The molecule has 0 bridgehead atoms. The summed E-state index contributed by atoms with van der Waals surface area (Å²) in [5, 5.41) is 0.136. The predicted octanol–water partition coefficient (Wildman–Crippen LogP) is 4.33. The number of hydrogen-bond acceptors (Lipinski definition) is 1. The summed E-state index contributed by atoms with van der Waals surface area (Å²) in [6.45, 7) is 4.32. The number of rotatable bonds is 4. The third-order valence-electron chi connectivity index (χ3n) is 3.56. The Morgan fingerprint density at radius 2 is 2.06 bits per heavy atom. The molecule has 0 heterocycles. The number of aryl methyl sites for hydroxylation is 1. The van der Waals surface area contributed by atoms with Crippen LogP contribution in [-0.4, -0.2) is 7.11 Å². The van der Waals surface area contributed by atoms with Crippen LogP contribution in [0.15, 0.2) is 18.2 Å². The lowest BCUT2D eigenvalue weighted by atomic mass is 9.95. The molecule has 0 aromatic heterocycles. The van der Waals surface area contributed by atoms with Gasteiger partial charge in [-0.2, -0.15) is 0 Å². The van der Waals surface area contributed by atoms with Crippen molar-refractivity contribution in [3.05, 3.63) is 29.3 Å². The molecule has 0 saturated heterocycles. The average molecular weight is 239 g/mol. The van der Waals surface area contributed by atoms with Gasteiger partial charge in [0.05, 0.1) is 12.5 Å². The van der Waals surface area contributed by atoms with Crippen molar-refractivity contribution >= 4 is 11.6 Å². The van der Waals surface area contributed by atoms with E-state index in [0.29, 0.717) is 5.92 Å². The van der Waals surface area contributed by atoms with Crippen LogP contribution in [0, 0.1) is 18.8 Å². The van der Waals surface area contributed by atoms with Gasteiger partial charge in [-0.1, -0.05) is 19.1 Å². The topological polar surface area (TPSA) is 9.23 Å². The van der Waals surface area contributed by atoms with E-state index in [1.54, 1.807) is 7.11 Å². The van der Waals surface area contributed by atoms with E-state index in [4.69, 9.17) is 16.3 Å². The van der Waals surface area contributed by atoms with E-state index < -0.39 is 0 Å². The Bertz CT molecular complexity index is 371. The zero-order valence-corrected chi connectivity index (χ0v) is 10.9. The predicted molar refractivity (Wildman–Crippen MR) is 68.2 cm³/mol. The molecular weight excluding hydrogens is 220 g/mol. The summed E-state index contributed by atoms with van der Waals surface area (Å²) in [4.78, 5) is 0. The first-order valence-corrected chi connectivity index (χ1v) is 6.35. The van der Waals surface area contributed by atoms with Gasteiger partial charge < -0.3 is 4.74 Å². The van der Waals surface area contributed by atoms with Crippen LogP contribution in [0.1, 0.15) is 36.3 Å². The monoisotopic (exact) mass is 238 g/mol. The van der Waals surface area contributed by atoms with E-state index in [1.807, 2.05) is 6.07 Å². The van der Waals surface area contributed by atoms with Crippen molar-refractivity contribution in [1.29, 1.82) is 0 Å². The van der Waals surface area contributed by atoms with E-state index in [2.05, 4.69) is 26.0 Å². The smallest absolute Gasteiger partial charge is 0.121 e. The zero-order valence-electron chi connectivity index (χ0n) is 10.2. The highest BCUT2D eigenvalue weighted by Crippen LogP contribution is 2.45. The van der Waals surface area contributed by atoms with Gasteiger partial charge in [-0.25, -0.2) is 0 Å². The first-order valence-electron chi connectivity index (χ1n) is 5.92. The Balaban J connectivity index is 2.16. The normalized spacial score (nSPS) is 19.2. The van der Waals surface area contributed by atoms with Gasteiger partial charge in [-0.3, -0.25) is 0 Å². The van der Waals surface area contributed by atoms with Gasteiger partial charge in [-0.05, 0) is 48.8 Å². The minimum Gasteiger partial charge on any atom is -0.496 e. The molecule has 88 valence electrons. The van der Waals surface area contributed by atoms with Crippen molar-refractivity contribution in [2.24, 2.45) is 11.8 Å². The first-order chi connectivity index (χ1) is 7.63. The largest absolute Gasteiger partial charge is 0.496 e. The van der Waals surface area contributed by atoms with Gasteiger partial charge in [0.15, 0.2) is 0 Å². The molecule has 1 aliphatic rings. The first kappa shape index (κ1) is 11.8. The molecule has 0 spiro atoms. The lowest BCUT2D eigenvalue weighted by Gasteiger charge is -2.18. The fourth-order valence-electron chi connectivity index (χ4n) is 2.24. The van der Waals surface area contributed by atoms with Crippen LogP contribution < -0.4 is 4.74 Å². The maximum atomic E-state index is 6.52. The quantitative estimate of drug-likeness (QED) is 0.710. The van der Waals surface area contributed by atoms with Crippen molar-refractivity contribution in [2.75, 3.05) is 7.11 Å². The van der Waals surface area contributed by atoms with Gasteiger partial charge >= 0.3 is 0 Å². The standard InChI is InChI=1S/C14H19ClO/c1-9-8-12(6-7-13(9)16-3)14(15)10(2)11-4-5-11/h6-8,10-11,14H,4-5H2,1-3H3. The van der Waals surface area contributed by atoms with Gasteiger partial charge in [0.1, 0.15) is 5.75 Å². The van der Waals surface area contributed by atoms with Gasteiger partial charge in [0.25, 0.3) is 0 Å². The Labute approximate surface area is 103 Å². The number of ether oxygens (including phenoxy) is 1. The van der Waals surface area contributed by atoms with E-state index in [0.717, 1.165) is 17.2 Å². The highest BCUT2D eigenvalue weighted by atomic mass is 35.5. The fourth-order valence-corrected chi connectivity index (χ4v) is 2.58. The van der Waals surface area contributed by atoms with Crippen LogP contribution in [0.2, 0.25) is 0 Å². The van der Waals surface area contributed by atoms with E-state index in [-0.39, 0.29) is 5.38 Å². The molecular formula is C14H19ClO. The molecule has 1 aromatic rings. The fraction of sp³-hybridized carbons (Fsp3) is 0.571. The Morgan fingerprint density at radius 3 is 2.56 bits per heavy atom. The Hall–Kier alpha value is -0.690. The lowest BCUT2D eigenvalue weighted by Crippen LogP contribution is -2.06. The SMILES string of the molecule is COc1ccc(C(Cl)C(C)C2CC2)cc1C. The summed E-state index contributed by atoms with van der Waals surface area (Å²) in [5.41, 5.74) is 2.38. The second-order valence-corrected chi connectivity index (χ2v) is 5.30. The zero-order chi connectivity index (χ0) is 11.7. The third-order valence-corrected chi connectivity index (χ3v) is 4.21. The molecule has 1 aromatic carbocycles. The van der Waals surface area contributed by atoms with Crippen molar-refractivity contribution in [1.82, 2.24) is 0 Å². The number of halogens is 1. The minimum absolute atomic E-state index is 0.136. The summed E-state index contributed by atoms with van der Waals surface area (Å²) in [5.74, 6) is 2.35. The number of methoxy groups -OCH3 is 1. The van der Waals surface area contributed by atoms with Gasteiger partial charge in [-0.15, -0.1) is 11.6 Å². The minimum atomic E-state index is 0.136. The molecule has 1 nitrogen and oxygen atoms in total. The molecule has 0 amide bonds. The van der Waals surface area contributed by atoms with Gasteiger partial charge in [0, 0.05) is 0 Å². The van der Waals surface area contributed by atoms with Crippen molar-refractivity contribution in [3.63, 3.8) is 0 Å². The molecule has 2 unspecified atom stereocenters. The summed E-state index contributed by atoms with van der Waals surface area (Å²) in [7, 11) is 1.70. The molecule has 1 saturated carbocycles. The van der Waals surface area contributed by atoms with E-state index >= 15 is 0 Å². The Kier molecular flexibility index (Phi) is 3.44. The molecule has 0 aliphatic heterocycles. The second kappa shape index (κ2) is 4.67. The molecule has 2 heteroatoms. The highest BCUT2D eigenvalue weighted by molar-refractivity contribution is 6.21. The summed E-state index contributed by atoms with van der Waals surface area (Å²) < 4.78 is 5.26. The molecule has 0 N–H and O–H groups in total. The summed E-state index contributed by atoms with van der Waals surface area (Å²) in [6, 6.07) is 6.25. The highest BCUT2D eigenvalue weighted by Gasteiger charge is 2.33. The van der Waals surface area contributed by atoms with Crippen molar-refractivity contribution < 1.29 is 4.74 Å². The maximum absolute atomic E-state index is 6.52. The number of alkyl halides is 1. The van der Waals surface area contributed by atoms with Crippen LogP contribution in [-0.2, 0) is 0 Å². The van der Waals surface area contributed by atoms with Crippen molar-refractivity contribution in [2.45, 2.75) is 32.1 Å².